The lowest BCUT2D eigenvalue weighted by atomic mass is 9.78. The number of hydrogen-bond acceptors (Lipinski definition) is 7. The van der Waals surface area contributed by atoms with Crippen molar-refractivity contribution >= 4 is 23.9 Å². The molecule has 9 heteroatoms. The molecule has 3 heterocycles. The van der Waals surface area contributed by atoms with Crippen LogP contribution in [0.15, 0.2) is 24.3 Å². The van der Waals surface area contributed by atoms with Crippen molar-refractivity contribution in [1.29, 1.82) is 0 Å². The number of hydrogen-bond donors (Lipinski definition) is 0. The van der Waals surface area contributed by atoms with E-state index in [-0.39, 0.29) is 16.5 Å². The Kier molecular flexibility index (Phi) is 5.25. The van der Waals surface area contributed by atoms with Gasteiger partial charge in [0.15, 0.2) is 0 Å². The van der Waals surface area contributed by atoms with Crippen LogP contribution >= 0.6 is 0 Å². The molecule has 9 nitrogen and oxygen atoms in total. The molecule has 3 aliphatic rings. The topological polar surface area (TPSA) is 102 Å². The van der Waals surface area contributed by atoms with Crippen LogP contribution in [0.2, 0.25) is 0 Å². The summed E-state index contributed by atoms with van der Waals surface area (Å²) in [6, 6.07) is 5.31. The van der Waals surface area contributed by atoms with Crippen molar-refractivity contribution in [3.63, 3.8) is 0 Å². The van der Waals surface area contributed by atoms with Crippen LogP contribution in [0.3, 0.4) is 0 Å². The zero-order valence-electron chi connectivity index (χ0n) is 17.9. The summed E-state index contributed by atoms with van der Waals surface area (Å²) in [6.45, 7) is 6.66. The van der Waals surface area contributed by atoms with Gasteiger partial charge in [-0.25, -0.2) is 9.59 Å². The van der Waals surface area contributed by atoms with E-state index in [1.165, 1.54) is 17.0 Å². The van der Waals surface area contributed by atoms with Crippen molar-refractivity contribution in [2.24, 2.45) is 5.41 Å². The van der Waals surface area contributed by atoms with E-state index in [1.54, 1.807) is 32.9 Å². The number of carbonyl (C=O) groups excluding carboxylic acids is 4. The molecule has 0 bridgehead atoms. The van der Waals surface area contributed by atoms with E-state index < -0.39 is 35.5 Å². The maximum absolute atomic E-state index is 13.1. The molecule has 2 fully saturated rings. The predicted octanol–water partition coefficient (Wildman–Crippen LogP) is 2.55. The second-order valence-electron chi connectivity index (χ2n) is 9.30. The van der Waals surface area contributed by atoms with E-state index in [0.29, 0.717) is 44.1 Å². The van der Waals surface area contributed by atoms with Crippen LogP contribution in [-0.4, -0.2) is 65.2 Å². The largest absolute Gasteiger partial charge is 0.444 e. The number of likely N-dealkylation sites (tertiary alicyclic amines) is 1. The summed E-state index contributed by atoms with van der Waals surface area (Å²) in [4.78, 5) is 57.7. The second kappa shape index (κ2) is 7.64. The van der Waals surface area contributed by atoms with Gasteiger partial charge >= 0.3 is 12.1 Å². The van der Waals surface area contributed by atoms with Gasteiger partial charge in [-0.3, -0.25) is 14.5 Å². The van der Waals surface area contributed by atoms with Gasteiger partial charge in [-0.2, -0.15) is 0 Å². The van der Waals surface area contributed by atoms with Gasteiger partial charge in [-0.15, -0.1) is 0 Å². The standard InChI is InChI=1S/C22H26N2O7/c1-21(2,3)30-20(28)23-13-22(8-10-29-11-9-22)12-16(23)19(27)31-24-17(25)14-6-4-5-7-15(14)18(24)26/h4-7,16H,8-13H2,1-3H3. The first-order chi connectivity index (χ1) is 14.6. The molecule has 1 aromatic carbocycles. The first kappa shape index (κ1) is 21.3. The fourth-order valence-corrected chi connectivity index (χ4v) is 4.35. The quantitative estimate of drug-likeness (QED) is 0.665. The van der Waals surface area contributed by atoms with Crippen LogP contribution in [-0.2, 0) is 19.1 Å². The summed E-state index contributed by atoms with van der Waals surface area (Å²) in [5, 5.41) is 0.481. The van der Waals surface area contributed by atoms with Crippen LogP contribution in [0.4, 0.5) is 4.79 Å². The minimum atomic E-state index is -0.961. The molecule has 31 heavy (non-hydrogen) atoms. The van der Waals surface area contributed by atoms with Crippen LogP contribution in [0, 0.1) is 5.41 Å². The van der Waals surface area contributed by atoms with Crippen LogP contribution in [0.1, 0.15) is 60.7 Å². The number of carbonyl (C=O) groups is 4. The van der Waals surface area contributed by atoms with E-state index in [1.807, 2.05) is 0 Å². The minimum Gasteiger partial charge on any atom is -0.444 e. The van der Waals surface area contributed by atoms with Gasteiger partial charge in [-0.1, -0.05) is 17.2 Å². The Bertz CT molecular complexity index is 895. The minimum absolute atomic E-state index is 0.177. The molecule has 0 aliphatic carbocycles. The van der Waals surface area contributed by atoms with Crippen molar-refractivity contribution in [3.05, 3.63) is 35.4 Å². The SMILES string of the molecule is CC(C)(C)OC(=O)N1CC2(CCOCC2)CC1C(=O)ON1C(=O)c2ccccc2C1=O. The molecule has 0 aromatic heterocycles. The first-order valence-electron chi connectivity index (χ1n) is 10.4. The summed E-state index contributed by atoms with van der Waals surface area (Å²) >= 11 is 0. The number of amides is 3. The maximum atomic E-state index is 13.1. The molecule has 0 N–H and O–H groups in total. The number of benzene rings is 1. The van der Waals surface area contributed by atoms with Crippen LogP contribution < -0.4 is 0 Å². The smallest absolute Gasteiger partial charge is 0.411 e. The second-order valence-corrected chi connectivity index (χ2v) is 9.30. The van der Waals surface area contributed by atoms with Crippen LogP contribution in [0.25, 0.3) is 0 Å². The summed E-state index contributed by atoms with van der Waals surface area (Å²) in [5.74, 6) is -2.23. The van der Waals surface area contributed by atoms with E-state index >= 15 is 0 Å². The summed E-state index contributed by atoms with van der Waals surface area (Å²) in [6.07, 6.45) is 1.13. The van der Waals surface area contributed by atoms with Gasteiger partial charge < -0.3 is 14.3 Å². The predicted molar refractivity (Wildman–Crippen MR) is 107 cm³/mol. The highest BCUT2D eigenvalue weighted by atomic mass is 16.7. The van der Waals surface area contributed by atoms with Gasteiger partial charge in [-0.05, 0) is 57.6 Å². The van der Waals surface area contributed by atoms with Crippen molar-refractivity contribution in [1.82, 2.24) is 9.96 Å². The lowest BCUT2D eigenvalue weighted by Crippen LogP contribution is -2.46. The average molecular weight is 430 g/mol. The van der Waals surface area contributed by atoms with Gasteiger partial charge in [0.1, 0.15) is 11.6 Å². The van der Waals surface area contributed by atoms with E-state index in [4.69, 9.17) is 14.3 Å². The lowest BCUT2D eigenvalue weighted by Gasteiger charge is -2.33. The summed E-state index contributed by atoms with van der Waals surface area (Å²) in [5.41, 5.74) is -0.673. The molecule has 1 spiro atoms. The Labute approximate surface area is 180 Å². The molecular weight excluding hydrogens is 404 g/mol. The Morgan fingerprint density at radius 1 is 1.06 bits per heavy atom. The Morgan fingerprint density at radius 2 is 1.65 bits per heavy atom. The Morgan fingerprint density at radius 3 is 2.19 bits per heavy atom. The normalized spacial score (nSPS) is 22.6. The van der Waals surface area contributed by atoms with Gasteiger partial charge in [0.2, 0.25) is 0 Å². The number of hydroxylamine groups is 2. The molecule has 3 aliphatic heterocycles. The highest BCUT2D eigenvalue weighted by Crippen LogP contribution is 2.44. The highest BCUT2D eigenvalue weighted by Gasteiger charge is 2.52. The molecule has 1 atom stereocenters. The third-order valence-corrected chi connectivity index (χ3v) is 5.90. The summed E-state index contributed by atoms with van der Waals surface area (Å²) < 4.78 is 11.0. The van der Waals surface area contributed by atoms with E-state index in [0.717, 1.165) is 0 Å². The van der Waals surface area contributed by atoms with Gasteiger partial charge in [0.25, 0.3) is 11.8 Å². The summed E-state index contributed by atoms with van der Waals surface area (Å²) in [7, 11) is 0. The number of fused-ring (bicyclic) bond motifs is 1. The zero-order chi connectivity index (χ0) is 22.4. The fourth-order valence-electron chi connectivity index (χ4n) is 4.35. The first-order valence-corrected chi connectivity index (χ1v) is 10.4. The van der Waals surface area contributed by atoms with E-state index in [2.05, 4.69) is 0 Å². The maximum Gasteiger partial charge on any atom is 0.411 e. The van der Waals surface area contributed by atoms with Crippen molar-refractivity contribution in [2.75, 3.05) is 19.8 Å². The molecule has 166 valence electrons. The highest BCUT2D eigenvalue weighted by molar-refractivity contribution is 6.20. The van der Waals surface area contributed by atoms with Crippen LogP contribution in [0.5, 0.6) is 0 Å². The molecule has 1 unspecified atom stereocenters. The van der Waals surface area contributed by atoms with Gasteiger partial charge in [0, 0.05) is 19.8 Å². The van der Waals surface area contributed by atoms with Crippen molar-refractivity contribution < 1.29 is 33.5 Å². The number of ether oxygens (including phenoxy) is 2. The molecule has 3 amide bonds. The third-order valence-electron chi connectivity index (χ3n) is 5.90. The third kappa shape index (κ3) is 4.01. The molecule has 0 saturated carbocycles. The monoisotopic (exact) mass is 430 g/mol. The van der Waals surface area contributed by atoms with Crippen molar-refractivity contribution in [2.45, 2.75) is 51.7 Å². The average Bonchev–Trinajstić information content (AvgIpc) is 3.19. The van der Waals surface area contributed by atoms with E-state index in [9.17, 15) is 19.2 Å². The molecule has 4 rings (SSSR count). The Hall–Kier alpha value is -2.94. The molecule has 0 radical (unpaired) electrons. The van der Waals surface area contributed by atoms with Crippen molar-refractivity contribution in [3.8, 4) is 0 Å². The number of imide groups is 1. The lowest BCUT2D eigenvalue weighted by molar-refractivity contribution is -0.173. The van der Waals surface area contributed by atoms with Gasteiger partial charge in [0.05, 0.1) is 11.1 Å². The number of rotatable bonds is 2. The number of nitrogens with zero attached hydrogens (tertiary/aromatic N) is 2. The molecular formula is C22H26N2O7. The molecule has 1 aromatic rings. The fraction of sp³-hybridized carbons (Fsp3) is 0.545. The Balaban J connectivity index is 1.55. The zero-order valence-corrected chi connectivity index (χ0v) is 17.9. The molecule has 2 saturated heterocycles.